The quantitative estimate of drug-likeness (QED) is 0.484. The number of carboxylic acid groups (broad SMARTS) is 1. The van der Waals surface area contributed by atoms with E-state index in [0.29, 0.717) is 25.8 Å². The van der Waals surface area contributed by atoms with Gasteiger partial charge in [0.1, 0.15) is 14.4 Å². The zero-order chi connectivity index (χ0) is 10.3. The summed E-state index contributed by atoms with van der Waals surface area (Å²) in [5.74, 6) is -1.13. The van der Waals surface area contributed by atoms with E-state index in [9.17, 15) is 9.59 Å². The number of amides is 1. The molecule has 74 valence electrons. The number of hydrogen-bond acceptors (Lipinski definition) is 3. The van der Waals surface area contributed by atoms with E-state index in [4.69, 9.17) is 10.8 Å². The zero-order valence-corrected chi connectivity index (χ0v) is 7.82. The van der Waals surface area contributed by atoms with Gasteiger partial charge in [-0.1, -0.05) is 0 Å². The number of carbonyl (C=O) groups excluding carboxylic acids is 1. The van der Waals surface area contributed by atoms with Crippen molar-refractivity contribution in [2.45, 2.75) is 12.7 Å². The van der Waals surface area contributed by atoms with Gasteiger partial charge in [-0.05, 0) is 19.3 Å². The number of nitrogens with zero attached hydrogens (tertiary/aromatic N) is 1. The summed E-state index contributed by atoms with van der Waals surface area (Å²) in [7, 11) is 1.71. The van der Waals surface area contributed by atoms with Crippen LogP contribution in [-0.2, 0) is 9.59 Å². The van der Waals surface area contributed by atoms with Crippen molar-refractivity contribution in [3.8, 4) is 0 Å². The first kappa shape index (κ1) is 12.0. The summed E-state index contributed by atoms with van der Waals surface area (Å²) in [5.41, 5.74) is 5.26. The van der Waals surface area contributed by atoms with E-state index in [-0.39, 0.29) is 12.5 Å². The van der Waals surface area contributed by atoms with Gasteiger partial charge in [0.15, 0.2) is 0 Å². The maximum absolute atomic E-state index is 11.2. The molecule has 13 heavy (non-hydrogen) atoms. The molecule has 0 unspecified atom stereocenters. The van der Waals surface area contributed by atoms with Gasteiger partial charge < -0.3 is 15.7 Å². The van der Waals surface area contributed by atoms with Gasteiger partial charge in [0.25, 0.3) is 0 Å². The molecule has 3 N–H and O–H groups in total. The Hall–Kier alpha value is -1.04. The highest BCUT2D eigenvalue weighted by molar-refractivity contribution is 6.19. The van der Waals surface area contributed by atoms with Gasteiger partial charge in [0.2, 0.25) is 5.91 Å². The molecule has 0 saturated carbocycles. The molecule has 0 radical (unpaired) electrons. The zero-order valence-electron chi connectivity index (χ0n) is 7.82. The Morgan fingerprint density at radius 3 is 2.46 bits per heavy atom. The summed E-state index contributed by atoms with van der Waals surface area (Å²) in [6, 6.07) is 0. The summed E-state index contributed by atoms with van der Waals surface area (Å²) in [6.45, 7) is 0.662. The van der Waals surface area contributed by atoms with Crippen molar-refractivity contribution in [3.63, 3.8) is 0 Å². The van der Waals surface area contributed by atoms with Crippen LogP contribution >= 0.6 is 0 Å². The Morgan fingerprint density at radius 2 is 2.08 bits per heavy atom. The highest BCUT2D eigenvalue weighted by atomic mass is 16.4. The smallest absolute Gasteiger partial charge is 0.323 e. The first-order chi connectivity index (χ1) is 6.11. The van der Waals surface area contributed by atoms with Crippen molar-refractivity contribution in [1.82, 2.24) is 4.90 Å². The lowest BCUT2D eigenvalue weighted by Crippen LogP contribution is -2.36. The Kier molecular flexibility index (Phi) is 5.96. The molecule has 5 nitrogen and oxygen atoms in total. The molecule has 0 atom stereocenters. The van der Waals surface area contributed by atoms with Crippen LogP contribution < -0.4 is 5.73 Å². The molecule has 0 aliphatic rings. The lowest BCUT2D eigenvalue weighted by molar-refractivity contribution is -0.143. The molecule has 0 aliphatic heterocycles. The molecule has 0 saturated heterocycles. The summed E-state index contributed by atoms with van der Waals surface area (Å²) < 4.78 is 0. The van der Waals surface area contributed by atoms with Gasteiger partial charge in [-0.25, -0.2) is 0 Å². The molecule has 0 heterocycles. The molecule has 0 rings (SSSR count). The van der Waals surface area contributed by atoms with Crippen molar-refractivity contribution < 1.29 is 14.7 Å². The fraction of sp³-hybridized carbons (Fsp3) is 0.714. The Labute approximate surface area is 78.3 Å². The first-order valence-corrected chi connectivity index (χ1v) is 4.31. The van der Waals surface area contributed by atoms with E-state index >= 15 is 0 Å². The molecular formula is C7H15BN2O3. The fourth-order valence-electron chi connectivity index (χ4n) is 0.961. The van der Waals surface area contributed by atoms with Crippen molar-refractivity contribution in [2.24, 2.45) is 5.73 Å². The number of hydrogen-bond donors (Lipinski definition) is 2. The predicted octanol–water partition coefficient (Wildman–Crippen LogP) is -1.70. The summed E-state index contributed by atoms with van der Waals surface area (Å²) in [6.07, 6.45) is 0.969. The monoisotopic (exact) mass is 186 g/mol. The summed E-state index contributed by atoms with van der Waals surface area (Å²) in [4.78, 5) is 22.9. The third-order valence-electron chi connectivity index (χ3n) is 1.61. The topological polar surface area (TPSA) is 83.6 Å². The SMILES string of the molecule is BCC(=O)N(CCCN)CC(=O)O. The second-order valence-corrected chi connectivity index (χ2v) is 2.70. The molecule has 0 spiro atoms. The number of rotatable bonds is 6. The molecule has 0 aromatic rings. The van der Waals surface area contributed by atoms with Crippen molar-refractivity contribution in [1.29, 1.82) is 0 Å². The van der Waals surface area contributed by atoms with Gasteiger partial charge in [-0.3, -0.25) is 9.59 Å². The highest BCUT2D eigenvalue weighted by Crippen LogP contribution is 1.94. The minimum Gasteiger partial charge on any atom is -0.480 e. The van der Waals surface area contributed by atoms with Crippen LogP contribution in [0, 0.1) is 0 Å². The summed E-state index contributed by atoms with van der Waals surface area (Å²) >= 11 is 0. The average Bonchev–Trinajstić information content (AvgIpc) is 2.10. The van der Waals surface area contributed by atoms with Crippen molar-refractivity contribution in [3.05, 3.63) is 0 Å². The Bertz CT molecular complexity index is 187. The predicted molar refractivity (Wildman–Crippen MR) is 51.2 cm³/mol. The molecule has 0 aromatic carbocycles. The molecule has 1 amide bonds. The summed E-state index contributed by atoms with van der Waals surface area (Å²) in [5, 5.41) is 8.50. The number of nitrogens with two attached hydrogens (primary N) is 1. The van der Waals surface area contributed by atoms with Crippen LogP contribution in [-0.4, -0.2) is 49.4 Å². The third-order valence-corrected chi connectivity index (χ3v) is 1.61. The second kappa shape index (κ2) is 6.48. The van der Waals surface area contributed by atoms with Crippen LogP contribution in [0.4, 0.5) is 0 Å². The van der Waals surface area contributed by atoms with E-state index in [1.54, 1.807) is 7.85 Å². The largest absolute Gasteiger partial charge is 0.480 e. The van der Waals surface area contributed by atoms with Crippen molar-refractivity contribution >= 4 is 19.7 Å². The van der Waals surface area contributed by atoms with Gasteiger partial charge >= 0.3 is 5.97 Å². The van der Waals surface area contributed by atoms with Crippen LogP contribution in [0.3, 0.4) is 0 Å². The van der Waals surface area contributed by atoms with Crippen molar-refractivity contribution in [2.75, 3.05) is 19.6 Å². The Morgan fingerprint density at radius 1 is 1.46 bits per heavy atom. The van der Waals surface area contributed by atoms with Gasteiger partial charge in [-0.15, -0.1) is 0 Å². The van der Waals surface area contributed by atoms with Crippen LogP contribution in [0.25, 0.3) is 0 Å². The van der Waals surface area contributed by atoms with E-state index in [2.05, 4.69) is 0 Å². The standard InChI is InChI=1S/C7H15BN2O3/c8-4-6(11)10(3-1-2-9)5-7(12)13/h1-5,8-9H2,(H,12,13). The average molecular weight is 186 g/mol. The van der Waals surface area contributed by atoms with E-state index in [1.807, 2.05) is 0 Å². The third kappa shape index (κ3) is 5.24. The highest BCUT2D eigenvalue weighted by Gasteiger charge is 2.13. The van der Waals surface area contributed by atoms with Gasteiger partial charge in [-0.2, -0.15) is 0 Å². The maximum atomic E-state index is 11.2. The Balaban J connectivity index is 4.02. The molecular weight excluding hydrogens is 171 g/mol. The molecule has 0 bridgehead atoms. The van der Waals surface area contributed by atoms with E-state index in [0.717, 1.165) is 0 Å². The number of carboxylic acids is 1. The molecule has 0 aliphatic carbocycles. The second-order valence-electron chi connectivity index (χ2n) is 2.70. The number of aliphatic carboxylic acids is 1. The molecule has 6 heteroatoms. The van der Waals surface area contributed by atoms with Crippen LogP contribution in [0.15, 0.2) is 0 Å². The van der Waals surface area contributed by atoms with Crippen LogP contribution in [0.1, 0.15) is 6.42 Å². The fourth-order valence-corrected chi connectivity index (χ4v) is 0.961. The minimum absolute atomic E-state index is 0.143. The lowest BCUT2D eigenvalue weighted by atomic mass is 10.0. The molecule has 0 aromatic heterocycles. The maximum Gasteiger partial charge on any atom is 0.323 e. The van der Waals surface area contributed by atoms with Crippen LogP contribution in [0.5, 0.6) is 0 Å². The molecule has 0 fully saturated rings. The van der Waals surface area contributed by atoms with E-state index in [1.165, 1.54) is 4.90 Å². The van der Waals surface area contributed by atoms with Gasteiger partial charge in [0, 0.05) is 6.54 Å². The van der Waals surface area contributed by atoms with Gasteiger partial charge in [0.05, 0.1) is 0 Å². The first-order valence-electron chi connectivity index (χ1n) is 4.31. The lowest BCUT2D eigenvalue weighted by Gasteiger charge is -2.19. The normalized spacial score (nSPS) is 9.62. The number of carbonyl (C=O) groups is 2. The van der Waals surface area contributed by atoms with Crippen LogP contribution in [0.2, 0.25) is 6.32 Å². The minimum atomic E-state index is -0.987. The van der Waals surface area contributed by atoms with E-state index < -0.39 is 5.97 Å².